The van der Waals surface area contributed by atoms with Gasteiger partial charge in [0.05, 0.1) is 7.11 Å². The molecule has 0 unspecified atom stereocenters. The molecular formula is C21H29N3O4. The summed E-state index contributed by atoms with van der Waals surface area (Å²) in [7, 11) is 1.66. The number of fused-ring (bicyclic) bond motifs is 1. The first kappa shape index (κ1) is 20.2. The van der Waals surface area contributed by atoms with Crippen molar-refractivity contribution in [1.82, 2.24) is 10.2 Å². The predicted octanol–water partition coefficient (Wildman–Crippen LogP) is 2.57. The van der Waals surface area contributed by atoms with Crippen molar-refractivity contribution in [3.63, 3.8) is 0 Å². The quantitative estimate of drug-likeness (QED) is 0.785. The van der Waals surface area contributed by atoms with Crippen LogP contribution in [0.3, 0.4) is 0 Å². The summed E-state index contributed by atoms with van der Waals surface area (Å²) in [5.74, 6) is 0.190. The third-order valence-corrected chi connectivity index (χ3v) is 5.71. The van der Waals surface area contributed by atoms with E-state index >= 15 is 0 Å². The van der Waals surface area contributed by atoms with Crippen molar-refractivity contribution in [3.05, 3.63) is 29.3 Å². The molecule has 1 aromatic carbocycles. The third-order valence-electron chi connectivity index (χ3n) is 5.71. The molecule has 1 fully saturated rings. The van der Waals surface area contributed by atoms with Gasteiger partial charge in [0.25, 0.3) is 0 Å². The first-order valence-electron chi connectivity index (χ1n) is 9.97. The predicted molar refractivity (Wildman–Crippen MR) is 107 cm³/mol. The van der Waals surface area contributed by atoms with Gasteiger partial charge in [0.1, 0.15) is 5.75 Å². The van der Waals surface area contributed by atoms with E-state index in [9.17, 15) is 14.7 Å². The molecule has 1 aromatic rings. The summed E-state index contributed by atoms with van der Waals surface area (Å²) in [5, 5.41) is 12.2. The normalized spacial score (nSPS) is 21.5. The maximum absolute atomic E-state index is 12.3. The molecule has 0 aliphatic carbocycles. The van der Waals surface area contributed by atoms with Gasteiger partial charge in [-0.15, -0.1) is 0 Å². The fraction of sp³-hybridized carbons (Fsp3) is 0.571. The summed E-state index contributed by atoms with van der Waals surface area (Å²) in [6.45, 7) is 4.37. The topological polar surface area (TPSA) is 91.2 Å². The number of piperidine rings is 1. The molecule has 1 saturated heterocycles. The van der Waals surface area contributed by atoms with Crippen molar-refractivity contribution >= 4 is 17.7 Å². The van der Waals surface area contributed by atoms with Gasteiger partial charge in [-0.3, -0.25) is 9.79 Å². The Balaban J connectivity index is 1.79. The van der Waals surface area contributed by atoms with E-state index < -0.39 is 5.97 Å². The summed E-state index contributed by atoms with van der Waals surface area (Å²) >= 11 is 0. The van der Waals surface area contributed by atoms with E-state index in [0.29, 0.717) is 32.5 Å². The minimum atomic E-state index is -0.780. The minimum absolute atomic E-state index is 0.0505. The van der Waals surface area contributed by atoms with Crippen LogP contribution in [0.4, 0.5) is 4.79 Å². The summed E-state index contributed by atoms with van der Waals surface area (Å²) < 4.78 is 5.33. The van der Waals surface area contributed by atoms with Crippen LogP contribution < -0.4 is 10.1 Å². The monoisotopic (exact) mass is 387 g/mol. The van der Waals surface area contributed by atoms with Crippen LogP contribution in [0.5, 0.6) is 5.75 Å². The van der Waals surface area contributed by atoms with Crippen molar-refractivity contribution in [3.8, 4) is 5.75 Å². The molecule has 0 bridgehead atoms. The molecule has 152 valence electrons. The van der Waals surface area contributed by atoms with Gasteiger partial charge in [-0.2, -0.15) is 0 Å². The largest absolute Gasteiger partial charge is 0.497 e. The van der Waals surface area contributed by atoms with Gasteiger partial charge >= 0.3 is 12.0 Å². The Kier molecular flexibility index (Phi) is 6.54. The third kappa shape index (κ3) is 4.64. The maximum atomic E-state index is 12.3. The molecule has 0 spiro atoms. The fourth-order valence-electron chi connectivity index (χ4n) is 4.26. The molecule has 7 nitrogen and oxygen atoms in total. The van der Waals surface area contributed by atoms with Gasteiger partial charge in [0.2, 0.25) is 0 Å². The number of carboxylic acid groups (broad SMARTS) is 1. The number of nitrogens with one attached hydrogen (secondary N) is 1. The highest BCUT2D eigenvalue weighted by atomic mass is 16.5. The number of ether oxygens (including phenoxy) is 1. The summed E-state index contributed by atoms with van der Waals surface area (Å²) in [6.07, 6.45) is 2.41. The number of carbonyl (C=O) groups is 2. The number of methoxy groups -OCH3 is 1. The molecule has 2 aliphatic rings. The van der Waals surface area contributed by atoms with Crippen LogP contribution in [-0.4, -0.2) is 61.0 Å². The lowest BCUT2D eigenvalue weighted by Crippen LogP contribution is -2.48. The average molecular weight is 387 g/mol. The molecule has 2 N–H and O–H groups in total. The van der Waals surface area contributed by atoms with Crippen LogP contribution >= 0.6 is 0 Å². The van der Waals surface area contributed by atoms with E-state index in [0.717, 1.165) is 30.0 Å². The number of carbonyl (C=O) groups excluding carboxylic acids is 1. The Morgan fingerprint density at radius 2 is 2.18 bits per heavy atom. The molecule has 2 aliphatic heterocycles. The first-order chi connectivity index (χ1) is 13.5. The van der Waals surface area contributed by atoms with Gasteiger partial charge < -0.3 is 20.1 Å². The summed E-state index contributed by atoms with van der Waals surface area (Å²) in [5.41, 5.74) is 3.36. The SMILES string of the molecule is CCNC(=O)N1CC[C@@H](CC(=O)O)[C@@H](CC2=NCCc3cc(OC)ccc32)C1. The van der Waals surface area contributed by atoms with Crippen LogP contribution in [-0.2, 0) is 11.2 Å². The van der Waals surface area contributed by atoms with Crippen LogP contribution in [0, 0.1) is 11.8 Å². The van der Waals surface area contributed by atoms with Crippen molar-refractivity contribution in [2.45, 2.75) is 32.6 Å². The number of nitrogens with zero attached hydrogens (tertiary/aromatic N) is 2. The minimum Gasteiger partial charge on any atom is -0.497 e. The maximum Gasteiger partial charge on any atom is 0.317 e. The lowest BCUT2D eigenvalue weighted by molar-refractivity contribution is -0.138. The van der Waals surface area contributed by atoms with E-state index in [2.05, 4.69) is 11.4 Å². The molecule has 0 aromatic heterocycles. The number of benzene rings is 1. The Hall–Kier alpha value is -2.57. The lowest BCUT2D eigenvalue weighted by Gasteiger charge is -2.38. The van der Waals surface area contributed by atoms with Crippen LogP contribution in [0.25, 0.3) is 0 Å². The van der Waals surface area contributed by atoms with Crippen molar-refractivity contribution < 1.29 is 19.4 Å². The Labute approximate surface area is 165 Å². The van der Waals surface area contributed by atoms with E-state index in [1.54, 1.807) is 7.11 Å². The van der Waals surface area contributed by atoms with E-state index in [1.807, 2.05) is 24.0 Å². The van der Waals surface area contributed by atoms with Crippen molar-refractivity contribution in [2.24, 2.45) is 16.8 Å². The van der Waals surface area contributed by atoms with E-state index in [-0.39, 0.29) is 24.3 Å². The van der Waals surface area contributed by atoms with Crippen LogP contribution in [0.1, 0.15) is 37.3 Å². The molecule has 2 amide bonds. The second kappa shape index (κ2) is 9.08. The number of likely N-dealkylation sites (tertiary alicyclic amines) is 1. The molecule has 7 heteroatoms. The molecule has 2 heterocycles. The molecule has 2 atom stereocenters. The van der Waals surface area contributed by atoms with E-state index in [1.165, 1.54) is 5.56 Å². The van der Waals surface area contributed by atoms with Gasteiger partial charge in [-0.05, 0) is 67.3 Å². The van der Waals surface area contributed by atoms with Gasteiger partial charge in [0, 0.05) is 38.3 Å². The molecule has 28 heavy (non-hydrogen) atoms. The van der Waals surface area contributed by atoms with E-state index in [4.69, 9.17) is 9.73 Å². The number of amides is 2. The number of urea groups is 1. The van der Waals surface area contributed by atoms with Crippen LogP contribution in [0.2, 0.25) is 0 Å². The molecular weight excluding hydrogens is 358 g/mol. The highest BCUT2D eigenvalue weighted by Crippen LogP contribution is 2.32. The number of aliphatic carboxylic acids is 1. The summed E-state index contributed by atoms with van der Waals surface area (Å²) in [4.78, 5) is 30.2. The van der Waals surface area contributed by atoms with Crippen LogP contribution in [0.15, 0.2) is 23.2 Å². The molecule has 3 rings (SSSR count). The van der Waals surface area contributed by atoms with Crippen molar-refractivity contribution in [2.75, 3.05) is 33.3 Å². The number of rotatable bonds is 6. The Morgan fingerprint density at radius 1 is 1.36 bits per heavy atom. The average Bonchev–Trinajstić information content (AvgIpc) is 2.68. The second-order valence-corrected chi connectivity index (χ2v) is 7.49. The number of hydrogen-bond donors (Lipinski definition) is 2. The summed E-state index contributed by atoms with van der Waals surface area (Å²) in [6, 6.07) is 5.97. The number of carboxylic acids is 1. The number of aliphatic imine (C=N–C) groups is 1. The highest BCUT2D eigenvalue weighted by Gasteiger charge is 2.34. The number of hydrogen-bond acceptors (Lipinski definition) is 4. The molecule has 0 saturated carbocycles. The lowest BCUT2D eigenvalue weighted by atomic mass is 9.78. The zero-order chi connectivity index (χ0) is 20.1. The molecule has 0 radical (unpaired) electrons. The fourth-order valence-corrected chi connectivity index (χ4v) is 4.26. The van der Waals surface area contributed by atoms with Crippen molar-refractivity contribution in [1.29, 1.82) is 0 Å². The Morgan fingerprint density at radius 3 is 2.89 bits per heavy atom. The second-order valence-electron chi connectivity index (χ2n) is 7.49. The smallest absolute Gasteiger partial charge is 0.317 e. The zero-order valence-corrected chi connectivity index (χ0v) is 16.6. The Bertz CT molecular complexity index is 762. The standard InChI is InChI=1S/C21H29N3O4/c1-3-22-21(27)24-9-7-14(12-20(25)26)16(13-24)11-19-18-5-4-17(28-2)10-15(18)6-8-23-19/h4-5,10,14,16H,3,6-9,11-13H2,1-2H3,(H,22,27)(H,25,26)/t14-,16-/m0/s1. The first-order valence-corrected chi connectivity index (χ1v) is 9.97. The highest BCUT2D eigenvalue weighted by molar-refractivity contribution is 6.03. The zero-order valence-electron chi connectivity index (χ0n) is 16.6. The van der Waals surface area contributed by atoms with Gasteiger partial charge in [0.15, 0.2) is 0 Å². The van der Waals surface area contributed by atoms with Gasteiger partial charge in [-0.25, -0.2) is 4.79 Å². The van der Waals surface area contributed by atoms with Gasteiger partial charge in [-0.1, -0.05) is 0 Å².